The molecule has 1 atom stereocenters. The molecule has 7 nitrogen and oxygen atoms in total. The van der Waals surface area contributed by atoms with E-state index in [1.165, 1.54) is 11.0 Å². The molecule has 236 valence electrons. The van der Waals surface area contributed by atoms with Gasteiger partial charge in [0.15, 0.2) is 11.6 Å². The normalized spacial score (nSPS) is 14.3. The number of sulfonamides is 1. The standard InChI is InChI=1S/C32H35Cl2F2N3O4S/c1-44(42,43)39(26-15-16-28(35)29(36)20-26)17-7-12-31(40)38(21-23-13-14-24(33)19-27(23)34)30(18-22-8-3-2-4-9-22)32(41)37-25-10-5-6-11-25/h2-4,8-9,13-16,19-20,25,30H,5-7,10-12,17-18,21H2,1H3,(H,37,41)/t30-/m0/s1. The summed E-state index contributed by atoms with van der Waals surface area (Å²) in [7, 11) is -3.88. The topological polar surface area (TPSA) is 86.8 Å². The van der Waals surface area contributed by atoms with E-state index in [1.54, 1.807) is 18.2 Å². The number of nitrogens with zero attached hydrogens (tertiary/aromatic N) is 2. The zero-order valence-corrected chi connectivity index (χ0v) is 26.6. The van der Waals surface area contributed by atoms with Crippen LogP contribution < -0.4 is 9.62 Å². The Bertz CT molecular complexity index is 1570. The van der Waals surface area contributed by atoms with E-state index in [1.807, 2.05) is 30.3 Å². The number of amides is 2. The molecule has 1 N–H and O–H groups in total. The first-order valence-corrected chi connectivity index (χ1v) is 17.0. The van der Waals surface area contributed by atoms with Gasteiger partial charge in [-0.2, -0.15) is 0 Å². The first kappa shape index (κ1) is 33.7. The molecule has 1 saturated carbocycles. The van der Waals surface area contributed by atoms with Crippen molar-refractivity contribution in [2.75, 3.05) is 17.1 Å². The highest BCUT2D eigenvalue weighted by Crippen LogP contribution is 2.26. The molecular formula is C32H35Cl2F2N3O4S. The largest absolute Gasteiger partial charge is 0.352 e. The second-order valence-corrected chi connectivity index (χ2v) is 13.7. The molecule has 12 heteroatoms. The van der Waals surface area contributed by atoms with Gasteiger partial charge in [0.1, 0.15) is 6.04 Å². The lowest BCUT2D eigenvalue weighted by molar-refractivity contribution is -0.141. The minimum Gasteiger partial charge on any atom is -0.352 e. The number of nitrogens with one attached hydrogen (secondary N) is 1. The Kier molecular flexibility index (Phi) is 11.6. The number of hydrogen-bond donors (Lipinski definition) is 1. The molecule has 0 aliphatic heterocycles. The van der Waals surface area contributed by atoms with Crippen molar-refractivity contribution in [3.63, 3.8) is 0 Å². The Labute approximate surface area is 267 Å². The van der Waals surface area contributed by atoms with E-state index in [4.69, 9.17) is 23.2 Å². The summed E-state index contributed by atoms with van der Waals surface area (Å²) in [5.41, 5.74) is 1.40. The van der Waals surface area contributed by atoms with Gasteiger partial charge in [-0.05, 0) is 54.7 Å². The summed E-state index contributed by atoms with van der Waals surface area (Å²) in [6, 6.07) is 16.3. The predicted octanol–water partition coefficient (Wildman–Crippen LogP) is 6.52. The van der Waals surface area contributed by atoms with E-state index in [9.17, 15) is 26.8 Å². The third kappa shape index (κ3) is 9.15. The molecule has 0 spiro atoms. The first-order valence-electron chi connectivity index (χ1n) is 14.4. The van der Waals surface area contributed by atoms with Crippen LogP contribution in [0.15, 0.2) is 66.7 Å². The number of hydrogen-bond acceptors (Lipinski definition) is 4. The maximum atomic E-state index is 14.0. The molecule has 4 rings (SSSR count). The Balaban J connectivity index is 1.61. The summed E-state index contributed by atoms with van der Waals surface area (Å²) < 4.78 is 53.5. The molecule has 0 heterocycles. The summed E-state index contributed by atoms with van der Waals surface area (Å²) >= 11 is 12.6. The average molecular weight is 667 g/mol. The fraction of sp³-hybridized carbons (Fsp3) is 0.375. The number of halogens is 4. The van der Waals surface area contributed by atoms with Crippen LogP contribution in [-0.4, -0.2) is 50.0 Å². The summed E-state index contributed by atoms with van der Waals surface area (Å²) in [5, 5.41) is 3.89. The maximum absolute atomic E-state index is 14.0. The Hall–Kier alpha value is -3.21. The van der Waals surface area contributed by atoms with E-state index in [2.05, 4.69) is 5.32 Å². The minimum absolute atomic E-state index is 0.0172. The third-order valence-corrected chi connectivity index (χ3v) is 9.45. The van der Waals surface area contributed by atoms with Crippen LogP contribution in [0.25, 0.3) is 0 Å². The second-order valence-electron chi connectivity index (χ2n) is 11.0. The summed E-state index contributed by atoms with van der Waals surface area (Å²) in [6.45, 7) is -0.147. The molecule has 0 aromatic heterocycles. The molecule has 1 aliphatic rings. The minimum atomic E-state index is -3.88. The van der Waals surface area contributed by atoms with Gasteiger partial charge in [-0.3, -0.25) is 13.9 Å². The number of carbonyl (C=O) groups is 2. The van der Waals surface area contributed by atoms with Gasteiger partial charge in [-0.15, -0.1) is 0 Å². The molecule has 1 aliphatic carbocycles. The van der Waals surface area contributed by atoms with Crippen LogP contribution in [-0.2, 0) is 32.6 Å². The van der Waals surface area contributed by atoms with Crippen LogP contribution >= 0.6 is 23.2 Å². The van der Waals surface area contributed by atoms with Crippen molar-refractivity contribution < 1.29 is 26.8 Å². The summed E-state index contributed by atoms with van der Waals surface area (Å²) in [6.07, 6.45) is 4.91. The van der Waals surface area contributed by atoms with Gasteiger partial charge in [-0.1, -0.05) is 72.4 Å². The lowest BCUT2D eigenvalue weighted by atomic mass is 10.0. The Morgan fingerprint density at radius 2 is 1.68 bits per heavy atom. The zero-order valence-electron chi connectivity index (χ0n) is 24.3. The molecule has 0 bridgehead atoms. The van der Waals surface area contributed by atoms with Crippen molar-refractivity contribution in [2.45, 2.75) is 63.6 Å². The van der Waals surface area contributed by atoms with Gasteiger partial charge in [-0.25, -0.2) is 17.2 Å². The molecule has 0 radical (unpaired) electrons. The third-order valence-electron chi connectivity index (χ3n) is 7.67. The summed E-state index contributed by atoms with van der Waals surface area (Å²) in [4.78, 5) is 29.3. The van der Waals surface area contributed by atoms with Gasteiger partial charge in [0.05, 0.1) is 11.9 Å². The van der Waals surface area contributed by atoms with Gasteiger partial charge in [0, 0.05) is 48.1 Å². The van der Waals surface area contributed by atoms with Gasteiger partial charge in [0.25, 0.3) is 0 Å². The van der Waals surface area contributed by atoms with Crippen molar-refractivity contribution in [3.8, 4) is 0 Å². The van der Waals surface area contributed by atoms with Crippen molar-refractivity contribution in [3.05, 3.63) is 99.5 Å². The van der Waals surface area contributed by atoms with Crippen molar-refractivity contribution in [1.82, 2.24) is 10.2 Å². The van der Waals surface area contributed by atoms with Crippen LogP contribution in [0.4, 0.5) is 14.5 Å². The maximum Gasteiger partial charge on any atom is 0.243 e. The van der Waals surface area contributed by atoms with Gasteiger partial charge in [0.2, 0.25) is 21.8 Å². The zero-order chi connectivity index (χ0) is 31.9. The monoisotopic (exact) mass is 665 g/mol. The number of rotatable bonds is 13. The lowest BCUT2D eigenvalue weighted by Crippen LogP contribution is -2.52. The predicted molar refractivity (Wildman–Crippen MR) is 169 cm³/mol. The number of anilines is 1. The highest BCUT2D eigenvalue weighted by Gasteiger charge is 2.32. The highest BCUT2D eigenvalue weighted by atomic mass is 35.5. The molecule has 1 fully saturated rings. The second kappa shape index (κ2) is 15.2. The van der Waals surface area contributed by atoms with Gasteiger partial charge < -0.3 is 10.2 Å². The fourth-order valence-electron chi connectivity index (χ4n) is 5.40. The Morgan fingerprint density at radius 1 is 0.977 bits per heavy atom. The van der Waals surface area contributed by atoms with Crippen LogP contribution in [0.2, 0.25) is 10.0 Å². The van der Waals surface area contributed by atoms with E-state index in [0.29, 0.717) is 15.6 Å². The van der Waals surface area contributed by atoms with Crippen molar-refractivity contribution >= 4 is 50.7 Å². The molecule has 0 saturated heterocycles. The van der Waals surface area contributed by atoms with E-state index >= 15 is 0 Å². The molecular weight excluding hydrogens is 631 g/mol. The fourth-order valence-corrected chi connectivity index (χ4v) is 6.82. The van der Waals surface area contributed by atoms with E-state index in [0.717, 1.165) is 53.9 Å². The van der Waals surface area contributed by atoms with E-state index in [-0.39, 0.29) is 50.0 Å². The quantitative estimate of drug-likeness (QED) is 0.225. The number of carbonyl (C=O) groups excluding carboxylic acids is 2. The number of benzene rings is 3. The summed E-state index contributed by atoms with van der Waals surface area (Å²) in [5.74, 6) is -2.96. The van der Waals surface area contributed by atoms with Crippen LogP contribution in [0.5, 0.6) is 0 Å². The molecule has 2 amide bonds. The molecule has 3 aromatic carbocycles. The van der Waals surface area contributed by atoms with Gasteiger partial charge >= 0.3 is 0 Å². The van der Waals surface area contributed by atoms with Crippen LogP contribution in [0.1, 0.15) is 49.7 Å². The molecule has 0 unspecified atom stereocenters. The molecule has 44 heavy (non-hydrogen) atoms. The average Bonchev–Trinajstić information content (AvgIpc) is 3.48. The smallest absolute Gasteiger partial charge is 0.243 e. The SMILES string of the molecule is CS(=O)(=O)N(CCCC(=O)N(Cc1ccc(Cl)cc1Cl)[C@@H](Cc1ccccc1)C(=O)NC1CCCC1)c1ccc(F)c(F)c1. The Morgan fingerprint density at radius 3 is 2.32 bits per heavy atom. The van der Waals surface area contributed by atoms with Crippen LogP contribution in [0, 0.1) is 11.6 Å². The lowest BCUT2D eigenvalue weighted by Gasteiger charge is -2.33. The molecule has 3 aromatic rings. The van der Waals surface area contributed by atoms with Crippen LogP contribution in [0.3, 0.4) is 0 Å². The highest BCUT2D eigenvalue weighted by molar-refractivity contribution is 7.92. The van der Waals surface area contributed by atoms with Crippen molar-refractivity contribution in [1.29, 1.82) is 0 Å². The van der Waals surface area contributed by atoms with Crippen molar-refractivity contribution in [2.24, 2.45) is 0 Å². The first-order chi connectivity index (χ1) is 20.9. The van der Waals surface area contributed by atoms with E-state index < -0.39 is 33.6 Å².